The maximum atomic E-state index is 5.65. The van der Waals surface area contributed by atoms with Crippen molar-refractivity contribution in [3.63, 3.8) is 0 Å². The molecule has 2 aromatic heterocycles. The maximum Gasteiger partial charge on any atom is 0.118 e. The Balaban J connectivity index is 1.95. The van der Waals surface area contributed by atoms with Crippen LogP contribution in [-0.4, -0.2) is 11.9 Å². The van der Waals surface area contributed by atoms with Gasteiger partial charge in [0.25, 0.3) is 0 Å². The standard InChI is InChI=1S/C13H18N2O2/c1-10-12(6-14)5-13(17-10)8-15(2)7-11-3-4-16-9-11/h3-5,9H,6-8,14H2,1-2H3. The van der Waals surface area contributed by atoms with E-state index in [4.69, 9.17) is 14.6 Å². The molecule has 92 valence electrons. The fourth-order valence-electron chi connectivity index (χ4n) is 1.88. The molecule has 0 unspecified atom stereocenters. The Labute approximate surface area is 101 Å². The van der Waals surface area contributed by atoms with E-state index in [2.05, 4.69) is 4.90 Å². The molecule has 0 saturated carbocycles. The smallest absolute Gasteiger partial charge is 0.118 e. The average molecular weight is 234 g/mol. The zero-order valence-electron chi connectivity index (χ0n) is 10.3. The Kier molecular flexibility index (Phi) is 3.66. The third-order valence-electron chi connectivity index (χ3n) is 2.75. The molecule has 0 amide bonds. The first-order valence-electron chi connectivity index (χ1n) is 5.67. The van der Waals surface area contributed by atoms with E-state index < -0.39 is 0 Å². The highest BCUT2D eigenvalue weighted by molar-refractivity contribution is 5.20. The van der Waals surface area contributed by atoms with Gasteiger partial charge < -0.3 is 14.6 Å². The number of hydrogen-bond acceptors (Lipinski definition) is 4. The Morgan fingerprint density at radius 1 is 1.35 bits per heavy atom. The van der Waals surface area contributed by atoms with Gasteiger partial charge in [-0.3, -0.25) is 4.90 Å². The van der Waals surface area contributed by atoms with Crippen molar-refractivity contribution in [3.8, 4) is 0 Å². The summed E-state index contributed by atoms with van der Waals surface area (Å²) < 4.78 is 10.7. The summed E-state index contributed by atoms with van der Waals surface area (Å²) in [6.07, 6.45) is 3.45. The van der Waals surface area contributed by atoms with E-state index in [1.165, 1.54) is 0 Å². The van der Waals surface area contributed by atoms with Gasteiger partial charge in [0.1, 0.15) is 11.5 Å². The van der Waals surface area contributed by atoms with Crippen LogP contribution in [0.4, 0.5) is 0 Å². The van der Waals surface area contributed by atoms with E-state index in [-0.39, 0.29) is 0 Å². The predicted octanol–water partition coefficient (Wildman–Crippen LogP) is 2.27. The third-order valence-corrected chi connectivity index (χ3v) is 2.75. The highest BCUT2D eigenvalue weighted by Crippen LogP contribution is 2.16. The second-order valence-electron chi connectivity index (χ2n) is 4.30. The Morgan fingerprint density at radius 3 is 2.76 bits per heavy atom. The van der Waals surface area contributed by atoms with Crippen LogP contribution in [0.5, 0.6) is 0 Å². The molecule has 4 heteroatoms. The summed E-state index contributed by atoms with van der Waals surface area (Å²) in [7, 11) is 2.05. The van der Waals surface area contributed by atoms with Crippen molar-refractivity contribution < 1.29 is 8.83 Å². The molecule has 2 heterocycles. The Hall–Kier alpha value is -1.52. The Bertz CT molecular complexity index is 460. The molecule has 0 atom stereocenters. The summed E-state index contributed by atoms with van der Waals surface area (Å²) in [4.78, 5) is 2.17. The molecule has 0 spiro atoms. The molecule has 0 saturated heterocycles. The lowest BCUT2D eigenvalue weighted by Crippen LogP contribution is -2.16. The summed E-state index contributed by atoms with van der Waals surface area (Å²) in [6, 6.07) is 4.00. The molecule has 2 aromatic rings. The van der Waals surface area contributed by atoms with E-state index in [1.807, 2.05) is 26.1 Å². The normalized spacial score (nSPS) is 11.3. The number of aryl methyl sites for hydroxylation is 1. The van der Waals surface area contributed by atoms with Crippen LogP contribution in [0.15, 0.2) is 33.5 Å². The molecule has 0 fully saturated rings. The van der Waals surface area contributed by atoms with Crippen LogP contribution < -0.4 is 5.73 Å². The van der Waals surface area contributed by atoms with Crippen LogP contribution in [0.2, 0.25) is 0 Å². The molecule has 0 aliphatic carbocycles. The van der Waals surface area contributed by atoms with E-state index in [9.17, 15) is 0 Å². The van der Waals surface area contributed by atoms with Crippen molar-refractivity contribution in [2.45, 2.75) is 26.6 Å². The van der Waals surface area contributed by atoms with E-state index in [1.54, 1.807) is 12.5 Å². The quantitative estimate of drug-likeness (QED) is 0.862. The molecular formula is C13H18N2O2. The van der Waals surface area contributed by atoms with Crippen molar-refractivity contribution in [1.82, 2.24) is 4.90 Å². The molecular weight excluding hydrogens is 216 g/mol. The van der Waals surface area contributed by atoms with Crippen LogP contribution in [0.25, 0.3) is 0 Å². The second-order valence-corrected chi connectivity index (χ2v) is 4.30. The summed E-state index contributed by atoms with van der Waals surface area (Å²) >= 11 is 0. The third kappa shape index (κ3) is 2.99. The lowest BCUT2D eigenvalue weighted by Gasteiger charge is -2.13. The summed E-state index contributed by atoms with van der Waals surface area (Å²) in [6.45, 7) is 4.09. The van der Waals surface area contributed by atoms with Gasteiger partial charge >= 0.3 is 0 Å². The van der Waals surface area contributed by atoms with Gasteiger partial charge in [-0.15, -0.1) is 0 Å². The highest BCUT2D eigenvalue weighted by atomic mass is 16.3. The van der Waals surface area contributed by atoms with Gasteiger partial charge in [0.2, 0.25) is 0 Å². The average Bonchev–Trinajstić information content (AvgIpc) is 2.88. The summed E-state index contributed by atoms with van der Waals surface area (Å²) in [5.74, 6) is 1.87. The largest absolute Gasteiger partial charge is 0.472 e. The maximum absolute atomic E-state index is 5.65. The monoisotopic (exact) mass is 234 g/mol. The van der Waals surface area contributed by atoms with E-state index in [0.717, 1.165) is 35.7 Å². The minimum Gasteiger partial charge on any atom is -0.472 e. The van der Waals surface area contributed by atoms with E-state index >= 15 is 0 Å². The van der Waals surface area contributed by atoms with Crippen LogP contribution >= 0.6 is 0 Å². The first-order valence-corrected chi connectivity index (χ1v) is 5.67. The molecule has 4 nitrogen and oxygen atoms in total. The van der Waals surface area contributed by atoms with Gasteiger partial charge in [-0.2, -0.15) is 0 Å². The molecule has 0 aliphatic rings. The van der Waals surface area contributed by atoms with E-state index in [0.29, 0.717) is 6.54 Å². The number of rotatable bonds is 5. The number of furan rings is 2. The number of hydrogen-bond donors (Lipinski definition) is 1. The van der Waals surface area contributed by atoms with Gasteiger partial charge in [-0.1, -0.05) is 0 Å². The molecule has 0 aliphatic heterocycles. The molecule has 0 aromatic carbocycles. The molecule has 0 bridgehead atoms. The first-order chi connectivity index (χ1) is 8.19. The number of nitrogens with zero attached hydrogens (tertiary/aromatic N) is 1. The fraction of sp³-hybridized carbons (Fsp3) is 0.385. The first kappa shape index (κ1) is 12.0. The van der Waals surface area contributed by atoms with Crippen LogP contribution in [0.3, 0.4) is 0 Å². The Morgan fingerprint density at radius 2 is 2.18 bits per heavy atom. The molecule has 0 radical (unpaired) electrons. The van der Waals surface area contributed by atoms with Crippen LogP contribution in [-0.2, 0) is 19.6 Å². The zero-order chi connectivity index (χ0) is 12.3. The SMILES string of the molecule is Cc1oc(CN(C)Cc2ccoc2)cc1CN. The van der Waals surface area contributed by atoms with Gasteiger partial charge in [0, 0.05) is 24.2 Å². The van der Waals surface area contributed by atoms with Gasteiger partial charge in [0.15, 0.2) is 0 Å². The lowest BCUT2D eigenvalue weighted by molar-refractivity contribution is 0.284. The number of nitrogens with two attached hydrogens (primary N) is 1. The highest BCUT2D eigenvalue weighted by Gasteiger charge is 2.09. The van der Waals surface area contributed by atoms with Gasteiger partial charge in [-0.25, -0.2) is 0 Å². The van der Waals surface area contributed by atoms with Gasteiger partial charge in [-0.05, 0) is 26.1 Å². The van der Waals surface area contributed by atoms with Crippen molar-refractivity contribution in [3.05, 3.63) is 47.3 Å². The van der Waals surface area contributed by atoms with Crippen molar-refractivity contribution in [2.75, 3.05) is 7.05 Å². The van der Waals surface area contributed by atoms with Crippen molar-refractivity contribution in [2.24, 2.45) is 5.73 Å². The lowest BCUT2D eigenvalue weighted by atomic mass is 10.2. The fourth-order valence-corrected chi connectivity index (χ4v) is 1.88. The molecule has 2 N–H and O–H groups in total. The second kappa shape index (κ2) is 5.21. The predicted molar refractivity (Wildman–Crippen MR) is 65.2 cm³/mol. The topological polar surface area (TPSA) is 55.5 Å². The minimum atomic E-state index is 0.529. The molecule has 17 heavy (non-hydrogen) atoms. The van der Waals surface area contributed by atoms with Gasteiger partial charge in [0.05, 0.1) is 19.1 Å². The van der Waals surface area contributed by atoms with Crippen molar-refractivity contribution in [1.29, 1.82) is 0 Å². The van der Waals surface area contributed by atoms with Crippen LogP contribution in [0.1, 0.15) is 22.6 Å². The van der Waals surface area contributed by atoms with Crippen LogP contribution in [0, 0.1) is 6.92 Å². The minimum absolute atomic E-state index is 0.529. The molecule has 2 rings (SSSR count). The zero-order valence-corrected chi connectivity index (χ0v) is 10.3. The summed E-state index contributed by atoms with van der Waals surface area (Å²) in [5, 5.41) is 0. The van der Waals surface area contributed by atoms with Crippen molar-refractivity contribution >= 4 is 0 Å². The summed E-state index contributed by atoms with van der Waals surface area (Å²) in [5.41, 5.74) is 7.86.